The SMILES string of the molecule is O=C(O)c1c(Cl)c(=O)[nH]c(=O)n1-c1ccc(Cl)cc1. The van der Waals surface area contributed by atoms with E-state index in [0.717, 1.165) is 4.57 Å². The number of aromatic amines is 1. The van der Waals surface area contributed by atoms with E-state index in [2.05, 4.69) is 0 Å². The maximum Gasteiger partial charge on any atom is 0.354 e. The standard InChI is InChI=1S/C11H6Cl2N2O4/c12-5-1-3-6(4-2-5)15-8(10(17)18)7(13)9(16)14-11(15)19/h1-4H,(H,17,18)(H,14,16,19). The summed E-state index contributed by atoms with van der Waals surface area (Å²) in [4.78, 5) is 36.2. The van der Waals surface area contributed by atoms with Crippen molar-refractivity contribution < 1.29 is 9.90 Å². The van der Waals surface area contributed by atoms with Gasteiger partial charge >= 0.3 is 11.7 Å². The Balaban J connectivity index is 2.87. The van der Waals surface area contributed by atoms with Crippen LogP contribution in [0.15, 0.2) is 33.9 Å². The monoisotopic (exact) mass is 300 g/mol. The van der Waals surface area contributed by atoms with Crippen LogP contribution < -0.4 is 11.2 Å². The lowest BCUT2D eigenvalue weighted by Gasteiger charge is -2.10. The van der Waals surface area contributed by atoms with E-state index in [1.54, 1.807) is 0 Å². The third kappa shape index (κ3) is 2.40. The number of carbonyl (C=O) groups is 1. The first-order chi connectivity index (χ1) is 8.91. The number of H-pyrrole nitrogens is 1. The van der Waals surface area contributed by atoms with Crippen LogP contribution in [0, 0.1) is 0 Å². The number of nitrogens with one attached hydrogen (secondary N) is 1. The highest BCUT2D eigenvalue weighted by Crippen LogP contribution is 2.16. The number of nitrogens with zero attached hydrogens (tertiary/aromatic N) is 1. The number of carboxylic acid groups (broad SMARTS) is 1. The summed E-state index contributed by atoms with van der Waals surface area (Å²) < 4.78 is 0.794. The van der Waals surface area contributed by atoms with Crippen molar-refractivity contribution in [3.63, 3.8) is 0 Å². The molecular weight excluding hydrogens is 295 g/mol. The zero-order valence-electron chi connectivity index (χ0n) is 9.18. The molecular formula is C11H6Cl2N2O4. The van der Waals surface area contributed by atoms with Crippen molar-refractivity contribution in [1.29, 1.82) is 0 Å². The lowest BCUT2D eigenvalue weighted by Crippen LogP contribution is -2.34. The van der Waals surface area contributed by atoms with Gasteiger partial charge < -0.3 is 5.11 Å². The van der Waals surface area contributed by atoms with E-state index in [1.807, 2.05) is 4.98 Å². The number of aromatic carboxylic acids is 1. The summed E-state index contributed by atoms with van der Waals surface area (Å²) in [5.74, 6) is -1.48. The maximum atomic E-state index is 11.8. The van der Waals surface area contributed by atoms with Gasteiger partial charge in [-0.3, -0.25) is 14.3 Å². The van der Waals surface area contributed by atoms with Crippen molar-refractivity contribution >= 4 is 29.2 Å². The van der Waals surface area contributed by atoms with Crippen molar-refractivity contribution in [2.24, 2.45) is 0 Å². The molecule has 0 aliphatic carbocycles. The van der Waals surface area contributed by atoms with Crippen molar-refractivity contribution in [2.45, 2.75) is 0 Å². The molecule has 1 aromatic heterocycles. The predicted molar refractivity (Wildman–Crippen MR) is 69.6 cm³/mol. The first-order valence-electron chi connectivity index (χ1n) is 4.96. The molecule has 0 amide bonds. The number of hydrogen-bond donors (Lipinski definition) is 2. The topological polar surface area (TPSA) is 92.2 Å². The van der Waals surface area contributed by atoms with Crippen LogP contribution in [-0.4, -0.2) is 20.6 Å². The van der Waals surface area contributed by atoms with E-state index in [-0.39, 0.29) is 5.69 Å². The Kier molecular flexibility index (Phi) is 3.46. The molecule has 6 nitrogen and oxygen atoms in total. The fraction of sp³-hybridized carbons (Fsp3) is 0. The summed E-state index contributed by atoms with van der Waals surface area (Å²) in [5.41, 5.74) is -2.22. The number of benzene rings is 1. The van der Waals surface area contributed by atoms with Gasteiger partial charge in [-0.15, -0.1) is 0 Å². The van der Waals surface area contributed by atoms with E-state index in [0.29, 0.717) is 5.02 Å². The number of halogens is 2. The van der Waals surface area contributed by atoms with Crippen LogP contribution in [0.5, 0.6) is 0 Å². The van der Waals surface area contributed by atoms with Gasteiger partial charge in [-0.2, -0.15) is 0 Å². The molecule has 0 atom stereocenters. The molecule has 0 saturated carbocycles. The molecule has 0 unspecified atom stereocenters. The highest BCUT2D eigenvalue weighted by atomic mass is 35.5. The zero-order valence-corrected chi connectivity index (χ0v) is 10.7. The average molecular weight is 301 g/mol. The van der Waals surface area contributed by atoms with E-state index in [9.17, 15) is 14.4 Å². The van der Waals surface area contributed by atoms with Gasteiger partial charge in [0, 0.05) is 5.02 Å². The van der Waals surface area contributed by atoms with E-state index >= 15 is 0 Å². The zero-order chi connectivity index (χ0) is 14.2. The van der Waals surface area contributed by atoms with Crippen molar-refractivity contribution in [3.05, 3.63) is 60.8 Å². The van der Waals surface area contributed by atoms with E-state index < -0.39 is 27.9 Å². The van der Waals surface area contributed by atoms with Gasteiger partial charge in [0.1, 0.15) is 5.02 Å². The molecule has 98 valence electrons. The molecule has 2 rings (SSSR count). The van der Waals surface area contributed by atoms with Crippen LogP contribution in [0.2, 0.25) is 10.0 Å². The van der Waals surface area contributed by atoms with Crippen molar-refractivity contribution in [1.82, 2.24) is 9.55 Å². The van der Waals surface area contributed by atoms with Crippen LogP contribution in [0.1, 0.15) is 10.5 Å². The first kappa shape index (κ1) is 13.4. The number of aromatic nitrogens is 2. The van der Waals surface area contributed by atoms with Gasteiger partial charge in [0.25, 0.3) is 5.56 Å². The summed E-state index contributed by atoms with van der Waals surface area (Å²) in [6.45, 7) is 0. The molecule has 0 saturated heterocycles. The summed E-state index contributed by atoms with van der Waals surface area (Å²) in [6.07, 6.45) is 0. The summed E-state index contributed by atoms with van der Waals surface area (Å²) in [7, 11) is 0. The van der Waals surface area contributed by atoms with Gasteiger partial charge in [0.05, 0.1) is 5.69 Å². The third-order valence-corrected chi connectivity index (χ3v) is 2.94. The summed E-state index contributed by atoms with van der Waals surface area (Å²) in [6, 6.07) is 5.83. The molecule has 1 aromatic carbocycles. The van der Waals surface area contributed by atoms with Gasteiger partial charge in [-0.05, 0) is 24.3 Å². The number of rotatable bonds is 2. The molecule has 0 fully saturated rings. The molecule has 0 aliphatic heterocycles. The van der Waals surface area contributed by atoms with Gasteiger partial charge in [0.15, 0.2) is 5.69 Å². The molecule has 2 N–H and O–H groups in total. The van der Waals surface area contributed by atoms with Crippen LogP contribution in [0.3, 0.4) is 0 Å². The lowest BCUT2D eigenvalue weighted by atomic mass is 10.3. The second-order valence-electron chi connectivity index (χ2n) is 3.54. The Morgan fingerprint density at radius 1 is 1.16 bits per heavy atom. The Hall–Kier alpha value is -2.05. The molecule has 2 aromatic rings. The molecule has 0 spiro atoms. The smallest absolute Gasteiger partial charge is 0.354 e. The van der Waals surface area contributed by atoms with Gasteiger partial charge in [0.2, 0.25) is 0 Å². The molecule has 8 heteroatoms. The maximum absolute atomic E-state index is 11.8. The van der Waals surface area contributed by atoms with Crippen LogP contribution in [0.25, 0.3) is 5.69 Å². The molecule has 19 heavy (non-hydrogen) atoms. The van der Waals surface area contributed by atoms with Crippen LogP contribution in [0.4, 0.5) is 0 Å². The van der Waals surface area contributed by atoms with Crippen molar-refractivity contribution in [2.75, 3.05) is 0 Å². The quantitative estimate of drug-likeness (QED) is 0.880. The van der Waals surface area contributed by atoms with E-state index in [1.165, 1.54) is 24.3 Å². The van der Waals surface area contributed by atoms with Gasteiger partial charge in [-0.25, -0.2) is 9.59 Å². The minimum atomic E-state index is -1.48. The summed E-state index contributed by atoms with van der Waals surface area (Å²) in [5, 5.41) is 8.94. The molecule has 0 bridgehead atoms. The number of carboxylic acids is 1. The Labute approximate surface area is 115 Å². The number of hydrogen-bond acceptors (Lipinski definition) is 3. The predicted octanol–water partition coefficient (Wildman–Crippen LogP) is 1.53. The molecule has 0 radical (unpaired) electrons. The third-order valence-electron chi connectivity index (χ3n) is 2.34. The Morgan fingerprint density at radius 2 is 1.74 bits per heavy atom. The largest absolute Gasteiger partial charge is 0.477 e. The lowest BCUT2D eigenvalue weighted by molar-refractivity contribution is 0.0686. The second-order valence-corrected chi connectivity index (χ2v) is 4.35. The fourth-order valence-corrected chi connectivity index (χ4v) is 1.88. The molecule has 0 aliphatic rings. The first-order valence-corrected chi connectivity index (χ1v) is 5.71. The highest BCUT2D eigenvalue weighted by molar-refractivity contribution is 6.33. The Bertz CT molecular complexity index is 762. The van der Waals surface area contributed by atoms with Crippen molar-refractivity contribution in [3.8, 4) is 5.69 Å². The van der Waals surface area contributed by atoms with Crippen LogP contribution in [-0.2, 0) is 0 Å². The Morgan fingerprint density at radius 3 is 2.26 bits per heavy atom. The average Bonchev–Trinajstić information content (AvgIpc) is 2.34. The van der Waals surface area contributed by atoms with Crippen LogP contribution >= 0.6 is 23.2 Å². The summed E-state index contributed by atoms with van der Waals surface area (Å²) >= 11 is 11.3. The molecule has 1 heterocycles. The van der Waals surface area contributed by atoms with E-state index in [4.69, 9.17) is 28.3 Å². The van der Waals surface area contributed by atoms with Gasteiger partial charge in [-0.1, -0.05) is 23.2 Å². The highest BCUT2D eigenvalue weighted by Gasteiger charge is 2.20. The second kappa shape index (κ2) is 4.91. The normalized spacial score (nSPS) is 10.4. The minimum absolute atomic E-state index is 0.227. The fourth-order valence-electron chi connectivity index (χ4n) is 1.54. The minimum Gasteiger partial charge on any atom is -0.477 e.